The average Bonchev–Trinajstić information content (AvgIpc) is 2.33. The van der Waals surface area contributed by atoms with Crippen LogP contribution in [0, 0.1) is 0 Å². The molecule has 0 fully saturated rings. The van der Waals surface area contributed by atoms with E-state index >= 15 is 0 Å². The van der Waals surface area contributed by atoms with Gasteiger partial charge in [-0.2, -0.15) is 18.7 Å². The zero-order valence-electron chi connectivity index (χ0n) is 9.79. The number of benzene rings is 1. The summed E-state index contributed by atoms with van der Waals surface area (Å²) in [5.41, 5.74) is 2.17. The minimum atomic E-state index is -4.33. The van der Waals surface area contributed by atoms with Crippen LogP contribution in [0.1, 0.15) is 0 Å². The number of nitrogens with one attached hydrogen (secondary N) is 1. The normalized spacial score (nSPS) is 11.3. The molecule has 0 aliphatic rings. The Morgan fingerprint density at radius 1 is 1.11 bits per heavy atom. The zero-order valence-corrected chi connectivity index (χ0v) is 9.79. The van der Waals surface area contributed by atoms with Crippen LogP contribution in [0.25, 0.3) is 0 Å². The maximum Gasteiger partial charge on any atom is 0.413 e. The first kappa shape index (κ1) is 14.6. The van der Waals surface area contributed by atoms with Crippen molar-refractivity contribution in [2.75, 3.05) is 26.9 Å². The van der Waals surface area contributed by atoms with Crippen molar-refractivity contribution in [3.05, 3.63) is 24.3 Å². The fourth-order valence-electron chi connectivity index (χ4n) is 1.09. The van der Waals surface area contributed by atoms with Gasteiger partial charge < -0.3 is 9.47 Å². The lowest BCUT2D eigenvalue weighted by Gasteiger charge is -2.09. The number of hydroxylamine groups is 1. The number of methoxy groups -OCH3 is 1. The molecule has 0 amide bonds. The molecule has 4 nitrogen and oxygen atoms in total. The second kappa shape index (κ2) is 7.07. The summed E-state index contributed by atoms with van der Waals surface area (Å²) < 4.78 is 45.3. The predicted molar refractivity (Wildman–Crippen MR) is 58.5 cm³/mol. The molecule has 0 aliphatic carbocycles. The SMILES string of the molecule is COc1ccc(OCCNOCC(F)(F)F)cc1. The fraction of sp³-hybridized carbons (Fsp3) is 0.455. The van der Waals surface area contributed by atoms with Crippen LogP contribution in [0.4, 0.5) is 13.2 Å². The summed E-state index contributed by atoms with van der Waals surface area (Å²) in [5, 5.41) is 0. The molecule has 0 saturated carbocycles. The highest BCUT2D eigenvalue weighted by Gasteiger charge is 2.27. The van der Waals surface area contributed by atoms with Crippen molar-refractivity contribution >= 4 is 0 Å². The second-order valence-electron chi connectivity index (χ2n) is 3.32. The molecule has 0 atom stereocenters. The van der Waals surface area contributed by atoms with Crippen molar-refractivity contribution < 1.29 is 27.5 Å². The van der Waals surface area contributed by atoms with Crippen molar-refractivity contribution in [2.24, 2.45) is 0 Å². The molecule has 18 heavy (non-hydrogen) atoms. The summed E-state index contributed by atoms with van der Waals surface area (Å²) in [7, 11) is 1.55. The highest BCUT2D eigenvalue weighted by molar-refractivity contribution is 5.31. The lowest BCUT2D eigenvalue weighted by molar-refractivity contribution is -0.189. The van der Waals surface area contributed by atoms with E-state index in [2.05, 4.69) is 10.3 Å². The molecule has 1 N–H and O–H groups in total. The molecule has 7 heteroatoms. The van der Waals surface area contributed by atoms with E-state index in [9.17, 15) is 13.2 Å². The van der Waals surface area contributed by atoms with Crippen molar-refractivity contribution in [1.29, 1.82) is 0 Å². The molecule has 1 aromatic rings. The molecule has 0 saturated heterocycles. The Hall–Kier alpha value is -1.47. The van der Waals surface area contributed by atoms with Gasteiger partial charge in [0.25, 0.3) is 0 Å². The van der Waals surface area contributed by atoms with E-state index in [1.54, 1.807) is 31.4 Å². The van der Waals surface area contributed by atoms with Crippen LogP contribution in [-0.2, 0) is 4.84 Å². The van der Waals surface area contributed by atoms with Crippen molar-refractivity contribution in [3.63, 3.8) is 0 Å². The van der Waals surface area contributed by atoms with E-state index in [4.69, 9.17) is 9.47 Å². The van der Waals surface area contributed by atoms with Gasteiger partial charge in [0.15, 0.2) is 6.61 Å². The van der Waals surface area contributed by atoms with Gasteiger partial charge >= 0.3 is 6.18 Å². The third-order valence-corrected chi connectivity index (χ3v) is 1.87. The summed E-state index contributed by atoms with van der Waals surface area (Å²) in [4.78, 5) is 4.20. The van der Waals surface area contributed by atoms with Gasteiger partial charge in [-0.15, -0.1) is 0 Å². The topological polar surface area (TPSA) is 39.7 Å². The zero-order chi connectivity index (χ0) is 13.4. The lowest BCUT2D eigenvalue weighted by atomic mass is 10.3. The monoisotopic (exact) mass is 265 g/mol. The van der Waals surface area contributed by atoms with E-state index in [0.717, 1.165) is 0 Å². The van der Waals surface area contributed by atoms with Crippen LogP contribution < -0.4 is 15.0 Å². The van der Waals surface area contributed by atoms with Gasteiger partial charge in [0, 0.05) is 0 Å². The molecule has 1 aromatic carbocycles. The number of hydrogen-bond acceptors (Lipinski definition) is 4. The molecule has 0 aliphatic heterocycles. The minimum absolute atomic E-state index is 0.155. The molecule has 0 bridgehead atoms. The van der Waals surface area contributed by atoms with Gasteiger partial charge in [-0.05, 0) is 24.3 Å². The average molecular weight is 265 g/mol. The van der Waals surface area contributed by atoms with Crippen LogP contribution in [0.3, 0.4) is 0 Å². The van der Waals surface area contributed by atoms with Crippen LogP contribution >= 0.6 is 0 Å². The summed E-state index contributed by atoms with van der Waals surface area (Å²) in [6.07, 6.45) is -4.33. The summed E-state index contributed by atoms with van der Waals surface area (Å²) >= 11 is 0. The molecule has 0 radical (unpaired) electrons. The highest BCUT2D eigenvalue weighted by Crippen LogP contribution is 2.16. The molecule has 0 aromatic heterocycles. The number of halogens is 3. The Morgan fingerprint density at radius 3 is 2.28 bits per heavy atom. The summed E-state index contributed by atoms with van der Waals surface area (Å²) in [6.45, 7) is -0.970. The smallest absolute Gasteiger partial charge is 0.413 e. The Balaban J connectivity index is 2.10. The van der Waals surface area contributed by atoms with Gasteiger partial charge in [0.2, 0.25) is 0 Å². The first-order valence-corrected chi connectivity index (χ1v) is 5.19. The number of alkyl halides is 3. The lowest BCUT2D eigenvalue weighted by Crippen LogP contribution is -2.27. The van der Waals surface area contributed by atoms with Crippen LogP contribution in [0.5, 0.6) is 11.5 Å². The first-order chi connectivity index (χ1) is 8.51. The van der Waals surface area contributed by atoms with E-state index in [1.807, 2.05) is 0 Å². The molecule has 0 spiro atoms. The molecule has 0 unspecified atom stereocenters. The van der Waals surface area contributed by atoms with Crippen LogP contribution in [0.15, 0.2) is 24.3 Å². The molecular formula is C11H14F3NO3. The summed E-state index contributed by atoms with van der Waals surface area (Å²) in [5.74, 6) is 1.31. The third-order valence-electron chi connectivity index (χ3n) is 1.87. The van der Waals surface area contributed by atoms with Gasteiger partial charge in [-0.25, -0.2) is 0 Å². The molecule has 1 rings (SSSR count). The van der Waals surface area contributed by atoms with Crippen LogP contribution in [0.2, 0.25) is 0 Å². The predicted octanol–water partition coefficient (Wildman–Crippen LogP) is 2.16. The van der Waals surface area contributed by atoms with Gasteiger partial charge in [-0.1, -0.05) is 0 Å². The Bertz CT molecular complexity index is 340. The van der Waals surface area contributed by atoms with E-state index in [-0.39, 0.29) is 13.2 Å². The maximum absolute atomic E-state index is 11.7. The Kier molecular flexibility index (Phi) is 5.73. The van der Waals surface area contributed by atoms with E-state index < -0.39 is 12.8 Å². The fourth-order valence-corrected chi connectivity index (χ4v) is 1.09. The van der Waals surface area contributed by atoms with Gasteiger partial charge in [-0.3, -0.25) is 4.84 Å². The standard InChI is InChI=1S/C11H14F3NO3/c1-16-9-2-4-10(5-3-9)17-7-6-15-18-8-11(12,13)14/h2-5,15H,6-8H2,1H3. The van der Waals surface area contributed by atoms with E-state index in [1.165, 1.54) is 0 Å². The quantitative estimate of drug-likeness (QED) is 0.606. The van der Waals surface area contributed by atoms with Gasteiger partial charge in [0.05, 0.1) is 13.7 Å². The largest absolute Gasteiger partial charge is 0.497 e. The molecular weight excluding hydrogens is 251 g/mol. The van der Waals surface area contributed by atoms with Crippen LogP contribution in [-0.4, -0.2) is 33.0 Å². The number of rotatable bonds is 7. The Morgan fingerprint density at radius 2 is 1.72 bits per heavy atom. The van der Waals surface area contributed by atoms with Gasteiger partial charge in [0.1, 0.15) is 18.1 Å². The van der Waals surface area contributed by atoms with E-state index in [0.29, 0.717) is 11.5 Å². The van der Waals surface area contributed by atoms with Crippen molar-refractivity contribution in [2.45, 2.75) is 6.18 Å². The number of ether oxygens (including phenoxy) is 2. The number of hydrogen-bond donors (Lipinski definition) is 1. The highest BCUT2D eigenvalue weighted by atomic mass is 19.4. The molecule has 102 valence electrons. The maximum atomic E-state index is 11.7. The first-order valence-electron chi connectivity index (χ1n) is 5.19. The molecule has 0 heterocycles. The second-order valence-corrected chi connectivity index (χ2v) is 3.32. The van der Waals surface area contributed by atoms with Crippen molar-refractivity contribution in [3.8, 4) is 11.5 Å². The van der Waals surface area contributed by atoms with Crippen molar-refractivity contribution in [1.82, 2.24) is 5.48 Å². The third kappa shape index (κ3) is 6.31. The Labute approximate surface area is 103 Å². The minimum Gasteiger partial charge on any atom is -0.497 e. The summed E-state index contributed by atoms with van der Waals surface area (Å²) in [6, 6.07) is 6.86.